The van der Waals surface area contributed by atoms with Crippen molar-refractivity contribution in [1.82, 2.24) is 19.9 Å². The Morgan fingerprint density at radius 2 is 1.84 bits per heavy atom. The molecule has 0 spiro atoms. The van der Waals surface area contributed by atoms with E-state index in [9.17, 15) is 4.79 Å². The number of ether oxygens (including phenoxy) is 1. The molecule has 1 aliphatic heterocycles. The van der Waals surface area contributed by atoms with Crippen molar-refractivity contribution in [2.24, 2.45) is 0 Å². The molecule has 0 aliphatic carbocycles. The van der Waals surface area contributed by atoms with Crippen molar-refractivity contribution in [1.29, 1.82) is 0 Å². The Bertz CT molecular complexity index is 1050. The quantitative estimate of drug-likeness (QED) is 0.554. The monoisotopic (exact) mass is 460 g/mol. The Hall–Kier alpha value is -2.61. The Kier molecular flexibility index (Phi) is 6.75. The molecule has 2 aromatic carbocycles. The molecule has 1 saturated heterocycles. The van der Waals surface area contributed by atoms with Crippen LogP contribution >= 0.6 is 23.2 Å². The molecular formula is C22H22Cl2N4O3. The van der Waals surface area contributed by atoms with Crippen LogP contribution in [0.1, 0.15) is 11.4 Å². The lowest BCUT2D eigenvalue weighted by Crippen LogP contribution is -2.48. The summed E-state index contributed by atoms with van der Waals surface area (Å²) < 4.78 is 10.5. The molecule has 0 unspecified atom stereocenters. The van der Waals surface area contributed by atoms with Gasteiger partial charge in [0.25, 0.3) is 5.89 Å². The van der Waals surface area contributed by atoms with Crippen molar-refractivity contribution in [3.63, 3.8) is 0 Å². The molecule has 4 rings (SSSR count). The van der Waals surface area contributed by atoms with Gasteiger partial charge in [0.15, 0.2) is 5.82 Å². The van der Waals surface area contributed by atoms with Gasteiger partial charge in [-0.25, -0.2) is 0 Å². The summed E-state index contributed by atoms with van der Waals surface area (Å²) in [7, 11) is 1.63. The van der Waals surface area contributed by atoms with E-state index in [1.165, 1.54) is 0 Å². The van der Waals surface area contributed by atoms with Crippen molar-refractivity contribution in [2.45, 2.75) is 13.0 Å². The van der Waals surface area contributed by atoms with E-state index >= 15 is 0 Å². The molecule has 1 fully saturated rings. The fraction of sp³-hybridized carbons (Fsp3) is 0.318. The van der Waals surface area contributed by atoms with E-state index in [0.29, 0.717) is 53.4 Å². The van der Waals surface area contributed by atoms with Gasteiger partial charge >= 0.3 is 0 Å². The first-order valence-electron chi connectivity index (χ1n) is 9.93. The largest absolute Gasteiger partial charge is 0.497 e. The summed E-state index contributed by atoms with van der Waals surface area (Å²) in [6.45, 7) is 3.39. The molecule has 3 aromatic rings. The van der Waals surface area contributed by atoms with Crippen LogP contribution in [0, 0.1) is 0 Å². The first-order valence-corrected chi connectivity index (χ1v) is 10.7. The van der Waals surface area contributed by atoms with E-state index in [1.54, 1.807) is 25.3 Å². The van der Waals surface area contributed by atoms with Crippen LogP contribution in [-0.4, -0.2) is 59.1 Å². The summed E-state index contributed by atoms with van der Waals surface area (Å²) in [5, 5.41) is 5.08. The SMILES string of the molecule is COc1ccc(CC(=O)N2CCN(Cc3noc(-c4ccc(Cl)cc4Cl)n3)CC2)cc1. The molecule has 0 saturated carbocycles. The van der Waals surface area contributed by atoms with Gasteiger partial charge in [0.05, 0.1) is 30.7 Å². The standard InChI is InChI=1S/C22H22Cl2N4O3/c1-30-17-5-2-15(3-6-17)12-21(29)28-10-8-27(9-11-28)14-20-25-22(31-26-20)18-7-4-16(23)13-19(18)24/h2-7,13H,8-12,14H2,1H3. The highest BCUT2D eigenvalue weighted by Crippen LogP contribution is 2.29. The fourth-order valence-electron chi connectivity index (χ4n) is 3.48. The topological polar surface area (TPSA) is 71.7 Å². The van der Waals surface area contributed by atoms with E-state index in [0.717, 1.165) is 24.4 Å². The van der Waals surface area contributed by atoms with Crippen LogP contribution in [0.3, 0.4) is 0 Å². The number of piperazine rings is 1. The second kappa shape index (κ2) is 9.68. The number of aromatic nitrogens is 2. The van der Waals surface area contributed by atoms with Crippen LogP contribution < -0.4 is 4.74 Å². The van der Waals surface area contributed by atoms with Crippen molar-refractivity contribution in [2.75, 3.05) is 33.3 Å². The molecule has 1 aromatic heterocycles. The Morgan fingerprint density at radius 1 is 1.10 bits per heavy atom. The summed E-state index contributed by atoms with van der Waals surface area (Å²) in [5.41, 5.74) is 1.63. The average Bonchev–Trinajstić information content (AvgIpc) is 3.23. The van der Waals surface area contributed by atoms with Gasteiger partial charge in [0.1, 0.15) is 5.75 Å². The maximum Gasteiger partial charge on any atom is 0.259 e. The highest BCUT2D eigenvalue weighted by Gasteiger charge is 2.23. The number of carbonyl (C=O) groups excluding carboxylic acids is 1. The molecule has 0 radical (unpaired) electrons. The number of halogens is 2. The maximum absolute atomic E-state index is 12.6. The minimum Gasteiger partial charge on any atom is -0.497 e. The lowest BCUT2D eigenvalue weighted by molar-refractivity contribution is -0.132. The van der Waals surface area contributed by atoms with Gasteiger partial charge in [-0.05, 0) is 35.9 Å². The number of rotatable bonds is 6. The molecule has 31 heavy (non-hydrogen) atoms. The summed E-state index contributed by atoms with van der Waals surface area (Å²) >= 11 is 12.2. The van der Waals surface area contributed by atoms with Crippen molar-refractivity contribution >= 4 is 29.1 Å². The highest BCUT2D eigenvalue weighted by molar-refractivity contribution is 6.36. The van der Waals surface area contributed by atoms with Gasteiger partial charge in [-0.1, -0.05) is 40.5 Å². The third kappa shape index (κ3) is 5.36. The zero-order chi connectivity index (χ0) is 21.8. The fourth-order valence-corrected chi connectivity index (χ4v) is 3.97. The first kappa shape index (κ1) is 21.6. The summed E-state index contributed by atoms with van der Waals surface area (Å²) in [6.07, 6.45) is 0.389. The van der Waals surface area contributed by atoms with E-state index < -0.39 is 0 Å². The van der Waals surface area contributed by atoms with Gasteiger partial charge < -0.3 is 14.2 Å². The number of nitrogens with zero attached hydrogens (tertiary/aromatic N) is 4. The lowest BCUT2D eigenvalue weighted by atomic mass is 10.1. The summed E-state index contributed by atoms with van der Waals surface area (Å²) in [5.74, 6) is 1.86. The zero-order valence-electron chi connectivity index (χ0n) is 17.1. The molecule has 1 amide bonds. The van der Waals surface area contributed by atoms with Crippen LogP contribution in [0.2, 0.25) is 10.0 Å². The predicted molar refractivity (Wildman–Crippen MR) is 118 cm³/mol. The molecule has 7 nitrogen and oxygen atoms in total. The second-order valence-corrected chi connectivity index (χ2v) is 8.17. The number of hydrogen-bond acceptors (Lipinski definition) is 6. The molecule has 162 valence electrons. The van der Waals surface area contributed by atoms with E-state index in [-0.39, 0.29) is 5.91 Å². The molecule has 0 atom stereocenters. The summed E-state index contributed by atoms with van der Waals surface area (Å²) in [4.78, 5) is 21.2. The van der Waals surface area contributed by atoms with Crippen LogP contribution in [0.25, 0.3) is 11.5 Å². The minimum absolute atomic E-state index is 0.129. The van der Waals surface area contributed by atoms with E-state index in [1.807, 2.05) is 29.2 Å². The van der Waals surface area contributed by atoms with Gasteiger partial charge in [-0.3, -0.25) is 9.69 Å². The average molecular weight is 461 g/mol. The molecule has 9 heteroatoms. The van der Waals surface area contributed by atoms with Crippen molar-refractivity contribution in [3.05, 3.63) is 63.9 Å². The number of carbonyl (C=O) groups is 1. The van der Waals surface area contributed by atoms with Gasteiger partial charge in [0, 0.05) is 31.2 Å². The van der Waals surface area contributed by atoms with Crippen LogP contribution in [0.4, 0.5) is 0 Å². The van der Waals surface area contributed by atoms with E-state index in [2.05, 4.69) is 15.0 Å². The predicted octanol–water partition coefficient (Wildman–Crippen LogP) is 3.94. The third-order valence-corrected chi connectivity index (χ3v) is 5.78. The maximum atomic E-state index is 12.6. The molecular weight excluding hydrogens is 439 g/mol. The number of hydrogen-bond donors (Lipinski definition) is 0. The lowest BCUT2D eigenvalue weighted by Gasteiger charge is -2.34. The van der Waals surface area contributed by atoms with Crippen LogP contribution in [0.15, 0.2) is 47.0 Å². The Balaban J connectivity index is 1.29. The smallest absolute Gasteiger partial charge is 0.259 e. The second-order valence-electron chi connectivity index (χ2n) is 7.32. The van der Waals surface area contributed by atoms with Gasteiger partial charge in [-0.2, -0.15) is 4.98 Å². The van der Waals surface area contributed by atoms with Crippen molar-refractivity contribution in [3.8, 4) is 17.2 Å². The number of benzene rings is 2. The zero-order valence-corrected chi connectivity index (χ0v) is 18.6. The highest BCUT2D eigenvalue weighted by atomic mass is 35.5. The molecule has 0 N–H and O–H groups in total. The van der Waals surface area contributed by atoms with Gasteiger partial charge in [-0.15, -0.1) is 0 Å². The minimum atomic E-state index is 0.129. The van der Waals surface area contributed by atoms with Crippen LogP contribution in [0.5, 0.6) is 5.75 Å². The normalized spacial score (nSPS) is 14.6. The Labute approximate surface area is 190 Å². The molecule has 1 aliphatic rings. The number of methoxy groups -OCH3 is 1. The molecule has 2 heterocycles. The molecule has 0 bridgehead atoms. The van der Waals surface area contributed by atoms with Gasteiger partial charge in [0.2, 0.25) is 5.91 Å². The van der Waals surface area contributed by atoms with Crippen LogP contribution in [-0.2, 0) is 17.8 Å². The third-order valence-electron chi connectivity index (χ3n) is 5.23. The first-order chi connectivity index (χ1) is 15.0. The van der Waals surface area contributed by atoms with Crippen molar-refractivity contribution < 1.29 is 14.1 Å². The number of amides is 1. The van der Waals surface area contributed by atoms with E-state index in [4.69, 9.17) is 32.5 Å². The Morgan fingerprint density at radius 3 is 2.52 bits per heavy atom. The summed E-state index contributed by atoms with van der Waals surface area (Å²) in [6, 6.07) is 12.7.